The average molecular weight is 400 g/mol. The number of anilines is 1. The lowest BCUT2D eigenvalue weighted by molar-refractivity contribution is -0.106. The number of hydrogen-bond donors (Lipinski definition) is 2. The molecule has 1 unspecified atom stereocenters. The lowest BCUT2D eigenvalue weighted by atomic mass is 10.1. The Hall–Kier alpha value is -2.47. The summed E-state index contributed by atoms with van der Waals surface area (Å²) in [4.78, 5) is 9.13. The van der Waals surface area contributed by atoms with Gasteiger partial charge in [0.1, 0.15) is 5.65 Å². The number of aromatic nitrogens is 4. The molecule has 0 aromatic carbocycles. The number of rotatable bonds is 4. The third-order valence-electron chi connectivity index (χ3n) is 4.38. The van der Waals surface area contributed by atoms with E-state index in [-0.39, 0.29) is 6.54 Å². The molecule has 27 heavy (non-hydrogen) atoms. The van der Waals surface area contributed by atoms with E-state index in [1.54, 1.807) is 18.6 Å². The maximum atomic E-state index is 12.4. The topological polar surface area (TPSA) is 104 Å². The fourth-order valence-electron chi connectivity index (χ4n) is 3.35. The van der Waals surface area contributed by atoms with Crippen molar-refractivity contribution in [2.75, 3.05) is 23.7 Å². The van der Waals surface area contributed by atoms with Gasteiger partial charge in [-0.2, -0.15) is 18.3 Å². The zero-order valence-corrected chi connectivity index (χ0v) is 14.7. The van der Waals surface area contributed by atoms with Gasteiger partial charge in [0.2, 0.25) is 10.0 Å². The summed E-state index contributed by atoms with van der Waals surface area (Å²) in [6.45, 7) is 0.653. The van der Waals surface area contributed by atoms with E-state index < -0.39 is 28.0 Å². The van der Waals surface area contributed by atoms with E-state index in [1.807, 2.05) is 11.0 Å². The van der Waals surface area contributed by atoms with Gasteiger partial charge in [0.25, 0.3) is 0 Å². The van der Waals surface area contributed by atoms with E-state index >= 15 is 0 Å². The van der Waals surface area contributed by atoms with E-state index in [4.69, 9.17) is 0 Å². The molecule has 1 aliphatic heterocycles. The quantitative estimate of drug-likeness (QED) is 0.689. The molecule has 0 amide bonds. The van der Waals surface area contributed by atoms with Gasteiger partial charge in [-0.3, -0.25) is 0 Å². The highest BCUT2D eigenvalue weighted by molar-refractivity contribution is 7.89. The molecule has 0 radical (unpaired) electrons. The molecule has 1 aliphatic rings. The Bertz CT molecular complexity index is 1100. The fraction of sp³-hybridized carbons (Fsp3) is 0.400. The molecule has 0 aliphatic carbocycles. The lowest BCUT2D eigenvalue weighted by Gasteiger charge is -2.19. The van der Waals surface area contributed by atoms with Crippen LogP contribution in [0.25, 0.3) is 21.8 Å². The summed E-state index contributed by atoms with van der Waals surface area (Å²) in [5.41, 5.74) is 0.679. The SMILES string of the molecule is O=S(=O)(CC(F)(F)F)NC1CCN(c2nncc3cnc4[nH]ccc4c23)C1. The molecule has 3 aromatic rings. The van der Waals surface area contributed by atoms with Crippen LogP contribution in [0.5, 0.6) is 0 Å². The zero-order chi connectivity index (χ0) is 19.2. The number of nitrogens with zero attached hydrogens (tertiary/aromatic N) is 4. The van der Waals surface area contributed by atoms with Crippen molar-refractivity contribution in [1.29, 1.82) is 0 Å². The highest BCUT2D eigenvalue weighted by Crippen LogP contribution is 2.31. The van der Waals surface area contributed by atoms with Crippen LogP contribution in [0.2, 0.25) is 0 Å². The molecule has 0 bridgehead atoms. The van der Waals surface area contributed by atoms with Crippen LogP contribution in [0.1, 0.15) is 6.42 Å². The van der Waals surface area contributed by atoms with Crippen LogP contribution in [-0.4, -0.2) is 59.6 Å². The highest BCUT2D eigenvalue weighted by Gasteiger charge is 2.37. The minimum absolute atomic E-state index is 0.207. The number of alkyl halides is 3. The van der Waals surface area contributed by atoms with Gasteiger partial charge in [-0.15, -0.1) is 5.10 Å². The Labute approximate surface area is 151 Å². The second-order valence-corrected chi connectivity index (χ2v) is 8.17. The van der Waals surface area contributed by atoms with E-state index in [0.29, 0.717) is 24.4 Å². The first-order valence-electron chi connectivity index (χ1n) is 8.11. The van der Waals surface area contributed by atoms with Crippen LogP contribution in [0.15, 0.2) is 24.7 Å². The van der Waals surface area contributed by atoms with Crippen molar-refractivity contribution in [2.45, 2.75) is 18.6 Å². The first kappa shape index (κ1) is 17.9. The van der Waals surface area contributed by atoms with Gasteiger partial charge in [-0.1, -0.05) is 0 Å². The van der Waals surface area contributed by atoms with Crippen LogP contribution in [0.3, 0.4) is 0 Å². The molecule has 1 atom stereocenters. The predicted octanol–water partition coefficient (Wildman–Crippen LogP) is 1.57. The van der Waals surface area contributed by atoms with Gasteiger partial charge in [0.05, 0.1) is 6.20 Å². The van der Waals surface area contributed by atoms with Crippen LogP contribution in [0.4, 0.5) is 19.0 Å². The van der Waals surface area contributed by atoms with Gasteiger partial charge in [-0.25, -0.2) is 18.1 Å². The molecular formula is C15H15F3N6O2S. The van der Waals surface area contributed by atoms with Gasteiger partial charge in [-0.05, 0) is 12.5 Å². The molecule has 3 aromatic heterocycles. The molecule has 12 heteroatoms. The van der Waals surface area contributed by atoms with Crippen molar-refractivity contribution in [2.24, 2.45) is 0 Å². The maximum absolute atomic E-state index is 12.4. The standard InChI is InChI=1S/C15H15F3N6O2S/c16-15(17,18)8-27(25,26)23-10-2-4-24(7-10)14-12-9(6-21-22-14)5-20-13-11(12)1-3-19-13/h1,3,5-6,10,23H,2,4,7-8H2,(H,19,20). The third-order valence-corrected chi connectivity index (χ3v) is 5.78. The Balaban J connectivity index is 1.60. The van der Waals surface area contributed by atoms with Crippen LogP contribution in [0, 0.1) is 0 Å². The minimum atomic E-state index is -4.78. The predicted molar refractivity (Wildman–Crippen MR) is 92.8 cm³/mol. The lowest BCUT2D eigenvalue weighted by Crippen LogP contribution is -2.41. The molecule has 0 saturated carbocycles. The molecule has 4 heterocycles. The molecule has 8 nitrogen and oxygen atoms in total. The van der Waals surface area contributed by atoms with Crippen molar-refractivity contribution < 1.29 is 21.6 Å². The third kappa shape index (κ3) is 3.67. The Morgan fingerprint density at radius 1 is 1.33 bits per heavy atom. The highest BCUT2D eigenvalue weighted by atomic mass is 32.2. The number of fused-ring (bicyclic) bond motifs is 3. The second-order valence-electron chi connectivity index (χ2n) is 6.42. The van der Waals surface area contributed by atoms with E-state index in [2.05, 4.69) is 24.9 Å². The average Bonchev–Trinajstić information content (AvgIpc) is 3.20. The van der Waals surface area contributed by atoms with E-state index in [9.17, 15) is 21.6 Å². The molecule has 1 saturated heterocycles. The van der Waals surface area contributed by atoms with Crippen molar-refractivity contribution >= 4 is 37.6 Å². The molecule has 0 spiro atoms. The summed E-state index contributed by atoms with van der Waals surface area (Å²) in [5, 5.41) is 10.6. The molecular weight excluding hydrogens is 385 g/mol. The largest absolute Gasteiger partial charge is 0.404 e. The Kier molecular flexibility index (Phi) is 4.18. The summed E-state index contributed by atoms with van der Waals surface area (Å²) >= 11 is 0. The van der Waals surface area contributed by atoms with Crippen LogP contribution < -0.4 is 9.62 Å². The number of sulfonamides is 1. The minimum Gasteiger partial charge on any atom is -0.353 e. The van der Waals surface area contributed by atoms with Crippen LogP contribution in [-0.2, 0) is 10.0 Å². The number of aromatic amines is 1. The van der Waals surface area contributed by atoms with E-state index in [1.165, 1.54) is 0 Å². The summed E-state index contributed by atoms with van der Waals surface area (Å²) in [7, 11) is -4.45. The van der Waals surface area contributed by atoms with Gasteiger partial charge < -0.3 is 9.88 Å². The maximum Gasteiger partial charge on any atom is 0.404 e. The smallest absolute Gasteiger partial charge is 0.353 e. The first-order valence-corrected chi connectivity index (χ1v) is 9.76. The molecule has 1 fully saturated rings. The van der Waals surface area contributed by atoms with Crippen molar-refractivity contribution in [1.82, 2.24) is 24.9 Å². The Morgan fingerprint density at radius 3 is 2.93 bits per heavy atom. The first-order chi connectivity index (χ1) is 12.7. The second kappa shape index (κ2) is 6.30. The molecule has 4 rings (SSSR count). The van der Waals surface area contributed by atoms with Gasteiger partial charge in [0.15, 0.2) is 11.6 Å². The number of H-pyrrole nitrogens is 1. The molecule has 2 N–H and O–H groups in total. The normalized spacial score (nSPS) is 18.6. The summed E-state index contributed by atoms with van der Waals surface area (Å²) in [6.07, 6.45) is 0.581. The Morgan fingerprint density at radius 2 is 2.15 bits per heavy atom. The number of pyridine rings is 1. The number of nitrogens with one attached hydrogen (secondary N) is 2. The molecule has 144 valence electrons. The fourth-order valence-corrected chi connectivity index (χ4v) is 4.56. The van der Waals surface area contributed by atoms with Crippen molar-refractivity contribution in [3.05, 3.63) is 24.7 Å². The number of hydrogen-bond acceptors (Lipinski definition) is 6. The summed E-state index contributed by atoms with van der Waals surface area (Å²) in [5.74, 6) is -1.34. The van der Waals surface area contributed by atoms with Crippen molar-refractivity contribution in [3.63, 3.8) is 0 Å². The van der Waals surface area contributed by atoms with Crippen molar-refractivity contribution in [3.8, 4) is 0 Å². The van der Waals surface area contributed by atoms with E-state index in [0.717, 1.165) is 16.2 Å². The van der Waals surface area contributed by atoms with Crippen LogP contribution >= 0.6 is 0 Å². The monoisotopic (exact) mass is 400 g/mol. The summed E-state index contributed by atoms with van der Waals surface area (Å²) < 4.78 is 62.8. The summed E-state index contributed by atoms with van der Waals surface area (Å²) in [6, 6.07) is 1.23. The van der Waals surface area contributed by atoms with Gasteiger partial charge >= 0.3 is 6.18 Å². The van der Waals surface area contributed by atoms with Gasteiger partial charge in [0, 0.05) is 47.7 Å². The zero-order valence-electron chi connectivity index (χ0n) is 13.9. The number of halogens is 3.